The van der Waals surface area contributed by atoms with Gasteiger partial charge in [-0.3, -0.25) is 9.59 Å². The van der Waals surface area contributed by atoms with Gasteiger partial charge in [0.2, 0.25) is 12.2 Å². The molecule has 2 unspecified atom stereocenters. The van der Waals surface area contributed by atoms with Crippen molar-refractivity contribution in [1.82, 2.24) is 29.7 Å². The fourth-order valence-corrected chi connectivity index (χ4v) is 8.49. The first-order valence-corrected chi connectivity index (χ1v) is 20.2. The van der Waals surface area contributed by atoms with Crippen LogP contribution in [-0.4, -0.2) is 89.2 Å². The van der Waals surface area contributed by atoms with Crippen molar-refractivity contribution < 1.29 is 38.9 Å². The van der Waals surface area contributed by atoms with Gasteiger partial charge < -0.3 is 50.9 Å². The van der Waals surface area contributed by atoms with E-state index >= 15 is 0 Å². The number of benzene rings is 4. The van der Waals surface area contributed by atoms with E-state index in [9.17, 15) is 29.4 Å². The summed E-state index contributed by atoms with van der Waals surface area (Å²) in [6.07, 6.45) is -2.44. The van der Waals surface area contributed by atoms with Crippen LogP contribution in [0.25, 0.3) is 33.6 Å². The van der Waals surface area contributed by atoms with Gasteiger partial charge in [-0.1, -0.05) is 97.1 Å². The van der Waals surface area contributed by atoms with Gasteiger partial charge in [0.25, 0.3) is 11.8 Å². The number of aliphatic hydroxyl groups excluding tert-OH is 2. The smallest absolute Gasteiger partial charge is 0.405 e. The molecule has 0 spiro atoms. The molecule has 4 heterocycles. The van der Waals surface area contributed by atoms with Crippen LogP contribution in [0.4, 0.5) is 9.59 Å². The molecule has 4 amide bonds. The Kier molecular flexibility index (Phi) is 11.6. The zero-order chi connectivity index (χ0) is 43.7. The Morgan fingerprint density at radius 3 is 1.52 bits per heavy atom. The second-order valence-electron chi connectivity index (χ2n) is 15.6. The third kappa shape index (κ3) is 8.37. The molecule has 318 valence electrons. The summed E-state index contributed by atoms with van der Waals surface area (Å²) in [7, 11) is 0. The molecule has 0 saturated carbocycles. The number of likely N-dealkylation sites (tertiary alicyclic amines) is 2. The van der Waals surface area contributed by atoms with E-state index in [2.05, 4.69) is 26.9 Å². The van der Waals surface area contributed by atoms with Crippen molar-refractivity contribution in [2.75, 3.05) is 13.1 Å². The molecule has 8 N–H and O–H groups in total. The molecule has 2 aliphatic rings. The van der Waals surface area contributed by atoms with Gasteiger partial charge in [-0.05, 0) is 41.7 Å². The summed E-state index contributed by atoms with van der Waals surface area (Å²) in [6, 6.07) is 28.1. The number of nitrogens with one attached hydrogen (secondary N) is 2. The van der Waals surface area contributed by atoms with Crippen molar-refractivity contribution in [3.05, 3.63) is 143 Å². The maximum absolute atomic E-state index is 13.8. The zero-order valence-corrected chi connectivity index (χ0v) is 34.0. The van der Waals surface area contributed by atoms with Crippen LogP contribution in [0.1, 0.15) is 71.0 Å². The Hall–Kier alpha value is -7.30. The summed E-state index contributed by atoms with van der Waals surface area (Å²) in [5, 5.41) is 21.3. The van der Waals surface area contributed by atoms with Crippen molar-refractivity contribution in [3.63, 3.8) is 0 Å². The van der Waals surface area contributed by atoms with Gasteiger partial charge in [0.1, 0.15) is 11.6 Å². The number of ether oxygens (including phenoxy) is 2. The number of nitrogens with two attached hydrogens (primary N) is 2. The standard InChI is InChI=1S/C46H46N8O8/c1-25-26(2)34(36-22-50-42(52-36)38-20-32(56)24-54(38)44(58)40(62-46(48)60)30-11-7-4-8-12-30)18-17-33(25)27-13-15-28(16-14-27)35-21-49-41(51-35)37-19-31(55)23-53(37)43(57)39(61-45(47)59)29-9-5-3-6-10-29/h3-18,21-22,31-32,37-40,55-56H,19-20,23-24H2,1-2H3,(H2,47,59)(H2,48,60)(H,49,51)(H,50,52)/t31-,32-,37?,38?,39-,40-/m1/s1. The molecule has 0 bridgehead atoms. The minimum Gasteiger partial charge on any atom is -0.431 e. The Morgan fingerprint density at radius 1 is 0.613 bits per heavy atom. The molecular weight excluding hydrogens is 793 g/mol. The molecule has 0 aliphatic carbocycles. The lowest BCUT2D eigenvalue weighted by atomic mass is 9.92. The summed E-state index contributed by atoms with van der Waals surface area (Å²) >= 11 is 0. The lowest BCUT2D eigenvalue weighted by molar-refractivity contribution is -0.142. The SMILES string of the molecule is Cc1c(-c2ccc(-c3cnc(C4C[C@@H](O)CN4C(=O)[C@H](OC(N)=O)c4ccccc4)[nH]3)cc2)ccc(-c2cnc(C3C[C@@H](O)CN3C(=O)[C@H](OC(N)=O)c3ccccc3)[nH]2)c1C. The van der Waals surface area contributed by atoms with Gasteiger partial charge in [0.15, 0.2) is 0 Å². The van der Waals surface area contributed by atoms with E-state index in [4.69, 9.17) is 20.9 Å². The molecule has 62 heavy (non-hydrogen) atoms. The molecular formula is C46H46N8O8. The van der Waals surface area contributed by atoms with Crippen molar-refractivity contribution in [2.45, 2.75) is 63.2 Å². The number of amides is 4. The van der Waals surface area contributed by atoms with Crippen LogP contribution in [0.3, 0.4) is 0 Å². The van der Waals surface area contributed by atoms with Crippen molar-refractivity contribution in [1.29, 1.82) is 0 Å². The topological polar surface area (TPSA) is 243 Å². The lowest BCUT2D eigenvalue weighted by Gasteiger charge is -2.27. The number of carbonyl (C=O) groups excluding carboxylic acids is 4. The molecule has 2 fully saturated rings. The second-order valence-corrected chi connectivity index (χ2v) is 15.6. The minimum absolute atomic E-state index is 0.0352. The fourth-order valence-electron chi connectivity index (χ4n) is 8.49. The number of primary amides is 2. The van der Waals surface area contributed by atoms with Gasteiger partial charge in [-0.15, -0.1) is 0 Å². The number of imidazole rings is 2. The van der Waals surface area contributed by atoms with Crippen LogP contribution in [0.15, 0.2) is 109 Å². The molecule has 2 aliphatic heterocycles. The fraction of sp³-hybridized carbons (Fsp3) is 0.261. The monoisotopic (exact) mass is 838 g/mol. The largest absolute Gasteiger partial charge is 0.431 e. The Morgan fingerprint density at radius 2 is 1.03 bits per heavy atom. The van der Waals surface area contributed by atoms with E-state index in [1.807, 2.05) is 43.3 Å². The quantitative estimate of drug-likeness (QED) is 0.0931. The Labute approximate surface area is 356 Å². The molecule has 2 saturated heterocycles. The number of H-pyrrole nitrogens is 2. The van der Waals surface area contributed by atoms with Crippen LogP contribution < -0.4 is 11.5 Å². The summed E-state index contributed by atoms with van der Waals surface area (Å²) in [4.78, 5) is 70.1. The van der Waals surface area contributed by atoms with E-state index in [-0.39, 0.29) is 25.9 Å². The van der Waals surface area contributed by atoms with Crippen molar-refractivity contribution in [3.8, 4) is 33.6 Å². The van der Waals surface area contributed by atoms with Crippen LogP contribution in [0, 0.1) is 13.8 Å². The second kappa shape index (κ2) is 17.4. The molecule has 0 radical (unpaired) electrons. The predicted octanol–water partition coefficient (Wildman–Crippen LogP) is 5.69. The number of nitrogens with zero attached hydrogens (tertiary/aromatic N) is 4. The van der Waals surface area contributed by atoms with Gasteiger partial charge in [0.05, 0.1) is 48.1 Å². The number of hydrogen-bond donors (Lipinski definition) is 6. The normalized spacial score (nSPS) is 19.5. The highest BCUT2D eigenvalue weighted by Crippen LogP contribution is 2.39. The first-order chi connectivity index (χ1) is 29.9. The van der Waals surface area contributed by atoms with Crippen LogP contribution in [0.2, 0.25) is 0 Å². The number of aromatic nitrogens is 4. The molecule has 2 aromatic heterocycles. The van der Waals surface area contributed by atoms with E-state index in [1.165, 1.54) is 9.80 Å². The molecule has 6 atom stereocenters. The Balaban J connectivity index is 0.983. The number of aromatic amines is 2. The molecule has 16 nitrogen and oxygen atoms in total. The summed E-state index contributed by atoms with van der Waals surface area (Å²) in [6.45, 7) is 4.16. The predicted molar refractivity (Wildman–Crippen MR) is 226 cm³/mol. The maximum atomic E-state index is 13.8. The van der Waals surface area contributed by atoms with Crippen molar-refractivity contribution in [2.24, 2.45) is 11.5 Å². The average molecular weight is 839 g/mol. The van der Waals surface area contributed by atoms with Gasteiger partial charge in [-0.25, -0.2) is 19.6 Å². The number of β-amino-alcohol motifs (C(OH)–C–C–N with tert-alkyl or cyclic N) is 2. The number of rotatable bonds is 11. The molecule has 16 heteroatoms. The van der Waals surface area contributed by atoms with E-state index in [1.54, 1.807) is 73.1 Å². The number of hydrogen-bond acceptors (Lipinski definition) is 10. The zero-order valence-electron chi connectivity index (χ0n) is 34.0. The molecule has 6 aromatic rings. The van der Waals surface area contributed by atoms with Gasteiger partial charge in [-0.2, -0.15) is 0 Å². The highest BCUT2D eigenvalue weighted by molar-refractivity contribution is 5.86. The van der Waals surface area contributed by atoms with Crippen LogP contribution in [0.5, 0.6) is 0 Å². The average Bonchev–Trinajstić information content (AvgIpc) is 4.10. The molecule has 4 aromatic carbocycles. The number of carbonyl (C=O) groups is 4. The highest BCUT2D eigenvalue weighted by atomic mass is 16.6. The summed E-state index contributed by atoms with van der Waals surface area (Å²) < 4.78 is 10.5. The maximum Gasteiger partial charge on any atom is 0.405 e. The molecule has 8 rings (SSSR count). The van der Waals surface area contributed by atoms with Crippen molar-refractivity contribution >= 4 is 24.0 Å². The third-order valence-electron chi connectivity index (χ3n) is 11.7. The van der Waals surface area contributed by atoms with E-state index < -0.39 is 60.5 Å². The van der Waals surface area contributed by atoms with E-state index in [0.29, 0.717) is 22.8 Å². The first-order valence-electron chi connectivity index (χ1n) is 20.2. The number of aliphatic hydroxyl groups is 2. The Bertz CT molecular complexity index is 2600. The van der Waals surface area contributed by atoms with Gasteiger partial charge in [0, 0.05) is 42.6 Å². The highest BCUT2D eigenvalue weighted by Gasteiger charge is 2.43. The summed E-state index contributed by atoms with van der Waals surface area (Å²) in [5.41, 5.74) is 18.9. The third-order valence-corrected chi connectivity index (χ3v) is 11.7. The minimum atomic E-state index is -1.28. The van der Waals surface area contributed by atoms with E-state index in [0.717, 1.165) is 44.8 Å². The van der Waals surface area contributed by atoms with Crippen LogP contribution >= 0.6 is 0 Å². The first kappa shape index (κ1) is 41.4. The lowest BCUT2D eigenvalue weighted by Crippen LogP contribution is -2.38. The summed E-state index contributed by atoms with van der Waals surface area (Å²) in [5.74, 6) is -0.0444. The van der Waals surface area contributed by atoms with Gasteiger partial charge >= 0.3 is 12.2 Å². The van der Waals surface area contributed by atoms with Crippen LogP contribution in [-0.2, 0) is 19.1 Å².